The van der Waals surface area contributed by atoms with Gasteiger partial charge in [-0.2, -0.15) is 5.10 Å². The summed E-state index contributed by atoms with van der Waals surface area (Å²) in [5, 5.41) is 23.4. The van der Waals surface area contributed by atoms with Crippen molar-refractivity contribution < 1.29 is 9.90 Å². The third-order valence-corrected chi connectivity index (χ3v) is 6.11. The predicted octanol–water partition coefficient (Wildman–Crippen LogP) is 2.01. The average Bonchev–Trinajstić information content (AvgIpc) is 3.38. The summed E-state index contributed by atoms with van der Waals surface area (Å²) in [5.41, 5.74) is 2.09. The van der Waals surface area contributed by atoms with Gasteiger partial charge in [0.15, 0.2) is 0 Å². The van der Waals surface area contributed by atoms with Gasteiger partial charge in [0.1, 0.15) is 18.4 Å². The Morgan fingerprint density at radius 3 is 2.74 bits per heavy atom. The van der Waals surface area contributed by atoms with E-state index in [-0.39, 0.29) is 5.82 Å². The van der Waals surface area contributed by atoms with E-state index in [4.69, 9.17) is 16.7 Å². The first-order valence-electron chi connectivity index (χ1n) is 10.4. The molecule has 31 heavy (non-hydrogen) atoms. The Kier molecular flexibility index (Phi) is 5.15. The number of carbonyl (C=O) groups excluding carboxylic acids is 1. The number of nitrogens with one attached hydrogen (secondary N) is 1. The van der Waals surface area contributed by atoms with E-state index in [0.29, 0.717) is 30.5 Å². The van der Waals surface area contributed by atoms with Crippen LogP contribution < -0.4 is 10.2 Å². The van der Waals surface area contributed by atoms with Crippen molar-refractivity contribution in [1.82, 2.24) is 29.9 Å². The molecule has 3 aromatic rings. The second-order valence-electron chi connectivity index (χ2n) is 8.21. The number of carbonyl (C=O) groups is 1. The normalized spacial score (nSPS) is 20.9. The minimum Gasteiger partial charge on any atom is -0.371 e. The molecule has 10 heteroatoms. The first-order valence-corrected chi connectivity index (χ1v) is 10.8. The quantitative estimate of drug-likeness (QED) is 0.628. The maximum absolute atomic E-state index is 12.7. The van der Waals surface area contributed by atoms with Gasteiger partial charge in [-0.05, 0) is 37.0 Å². The molecule has 0 radical (unpaired) electrons. The van der Waals surface area contributed by atoms with Crippen LogP contribution in [0.15, 0.2) is 36.7 Å². The Hall–Kier alpha value is -2.91. The van der Waals surface area contributed by atoms with E-state index in [1.54, 1.807) is 9.58 Å². The lowest BCUT2D eigenvalue weighted by Crippen LogP contribution is -2.50. The molecule has 0 saturated heterocycles. The smallest absolute Gasteiger partial charge is 0.291 e. The fraction of sp³-hybridized carbons (Fsp3) is 0.429. The van der Waals surface area contributed by atoms with Gasteiger partial charge in [-0.1, -0.05) is 23.7 Å². The van der Waals surface area contributed by atoms with Gasteiger partial charge in [0.25, 0.3) is 5.91 Å². The van der Waals surface area contributed by atoms with Crippen molar-refractivity contribution in [3.05, 3.63) is 58.8 Å². The Morgan fingerprint density at radius 1 is 1.23 bits per heavy atom. The number of amides is 1. The average molecular weight is 442 g/mol. The summed E-state index contributed by atoms with van der Waals surface area (Å²) in [6.07, 6.45) is 3.57. The van der Waals surface area contributed by atoms with Gasteiger partial charge in [0.2, 0.25) is 5.82 Å². The largest absolute Gasteiger partial charge is 0.371 e. The molecule has 5 rings (SSSR count). The number of nitrogens with zero attached hydrogens (tertiary/aromatic N) is 6. The Labute approximate surface area is 184 Å². The zero-order chi connectivity index (χ0) is 21.5. The summed E-state index contributed by atoms with van der Waals surface area (Å²) < 4.78 is 3.52. The van der Waals surface area contributed by atoms with Gasteiger partial charge in [0.05, 0.1) is 18.3 Å². The fourth-order valence-corrected chi connectivity index (χ4v) is 4.03. The lowest BCUT2D eigenvalue weighted by molar-refractivity contribution is 0.0818. The SMILES string of the molecule is CN1c2cc(C3CC3)nn2CCC(NC(=O)c2ncn(Cc3ccc(Cl)cc3)n2)C1O. The van der Waals surface area contributed by atoms with Gasteiger partial charge >= 0.3 is 0 Å². The van der Waals surface area contributed by atoms with E-state index in [9.17, 15) is 9.90 Å². The van der Waals surface area contributed by atoms with Gasteiger partial charge in [-0.3, -0.25) is 4.79 Å². The molecule has 1 aliphatic carbocycles. The molecule has 2 unspecified atom stereocenters. The van der Waals surface area contributed by atoms with Crippen molar-refractivity contribution in [2.45, 2.75) is 50.5 Å². The summed E-state index contributed by atoms with van der Waals surface area (Å²) in [5.74, 6) is 1.08. The molecular weight excluding hydrogens is 418 g/mol. The van der Waals surface area contributed by atoms with Crippen LogP contribution in [0, 0.1) is 0 Å². The molecule has 1 fully saturated rings. The van der Waals surface area contributed by atoms with Crippen LogP contribution >= 0.6 is 11.6 Å². The van der Waals surface area contributed by atoms with E-state index < -0.39 is 18.2 Å². The maximum Gasteiger partial charge on any atom is 0.291 e. The van der Waals surface area contributed by atoms with Crippen LogP contribution in [0.3, 0.4) is 0 Å². The van der Waals surface area contributed by atoms with Crippen LogP contribution in [0.25, 0.3) is 0 Å². The zero-order valence-corrected chi connectivity index (χ0v) is 17.9. The molecule has 2 aromatic heterocycles. The number of hydrogen-bond acceptors (Lipinski definition) is 6. The van der Waals surface area contributed by atoms with Crippen LogP contribution in [0.5, 0.6) is 0 Å². The maximum atomic E-state index is 12.7. The number of rotatable bonds is 5. The summed E-state index contributed by atoms with van der Waals surface area (Å²) in [4.78, 5) is 18.6. The standard InChI is InChI=1S/C21H24ClN7O2/c1-27-18-10-17(14-4-5-14)25-29(18)9-8-16(21(27)31)24-20(30)19-23-12-28(26-19)11-13-2-6-15(22)7-3-13/h2-3,6-7,10,12,14,16,21,31H,4-5,8-9,11H2,1H3,(H,24,30). The number of aryl methyl sites for hydroxylation is 1. The molecule has 9 nitrogen and oxygen atoms in total. The molecule has 2 N–H and O–H groups in total. The Balaban J connectivity index is 1.24. The fourth-order valence-electron chi connectivity index (χ4n) is 3.90. The number of fused-ring (bicyclic) bond motifs is 1. The van der Waals surface area contributed by atoms with Gasteiger partial charge < -0.3 is 15.3 Å². The van der Waals surface area contributed by atoms with Gasteiger partial charge in [-0.25, -0.2) is 14.3 Å². The molecule has 2 atom stereocenters. The molecular formula is C21H24ClN7O2. The van der Waals surface area contributed by atoms with Crippen molar-refractivity contribution in [2.24, 2.45) is 0 Å². The highest BCUT2D eigenvalue weighted by Crippen LogP contribution is 2.41. The lowest BCUT2D eigenvalue weighted by atomic mass is 10.1. The number of anilines is 1. The molecule has 1 aromatic carbocycles. The van der Waals surface area contributed by atoms with E-state index >= 15 is 0 Å². The number of benzene rings is 1. The molecule has 2 aliphatic rings. The molecule has 3 heterocycles. The molecule has 0 bridgehead atoms. The number of halogens is 1. The van der Waals surface area contributed by atoms with Crippen LogP contribution in [0.4, 0.5) is 5.82 Å². The van der Waals surface area contributed by atoms with Crippen molar-refractivity contribution in [2.75, 3.05) is 11.9 Å². The summed E-state index contributed by atoms with van der Waals surface area (Å²) >= 11 is 5.92. The first-order chi connectivity index (χ1) is 15.0. The van der Waals surface area contributed by atoms with E-state index in [0.717, 1.165) is 17.1 Å². The third kappa shape index (κ3) is 4.15. The summed E-state index contributed by atoms with van der Waals surface area (Å²) in [6, 6.07) is 9.00. The van der Waals surface area contributed by atoms with E-state index in [1.165, 1.54) is 19.2 Å². The molecule has 1 aliphatic heterocycles. The van der Waals surface area contributed by atoms with Crippen molar-refractivity contribution in [3.63, 3.8) is 0 Å². The topological polar surface area (TPSA) is 101 Å². The molecule has 162 valence electrons. The van der Waals surface area contributed by atoms with Crippen molar-refractivity contribution in [3.8, 4) is 0 Å². The minimum atomic E-state index is -0.870. The molecule has 1 saturated carbocycles. The zero-order valence-electron chi connectivity index (χ0n) is 17.1. The van der Waals surface area contributed by atoms with Crippen molar-refractivity contribution in [1.29, 1.82) is 0 Å². The third-order valence-electron chi connectivity index (χ3n) is 5.86. The van der Waals surface area contributed by atoms with Crippen molar-refractivity contribution >= 4 is 23.3 Å². The number of aliphatic hydroxyl groups excluding tert-OH is 1. The monoisotopic (exact) mass is 441 g/mol. The summed E-state index contributed by atoms with van der Waals surface area (Å²) in [6.45, 7) is 1.10. The highest BCUT2D eigenvalue weighted by molar-refractivity contribution is 6.30. The minimum absolute atomic E-state index is 0.0711. The van der Waals surface area contributed by atoms with Gasteiger partial charge in [0, 0.05) is 30.6 Å². The van der Waals surface area contributed by atoms with Crippen LogP contribution in [-0.4, -0.2) is 54.9 Å². The lowest BCUT2D eigenvalue weighted by Gasteiger charge is -2.28. The van der Waals surface area contributed by atoms with Crippen LogP contribution in [0.1, 0.15) is 47.1 Å². The highest BCUT2D eigenvalue weighted by Gasteiger charge is 2.34. The number of hydrogen-bond donors (Lipinski definition) is 2. The predicted molar refractivity (Wildman–Crippen MR) is 115 cm³/mol. The second-order valence-corrected chi connectivity index (χ2v) is 8.65. The van der Waals surface area contributed by atoms with Gasteiger partial charge in [-0.15, -0.1) is 5.10 Å². The number of aromatic nitrogens is 5. The molecule has 1 amide bonds. The first kappa shape index (κ1) is 20.0. The Bertz CT molecular complexity index is 1090. The van der Waals surface area contributed by atoms with Crippen LogP contribution in [0.2, 0.25) is 5.02 Å². The van der Waals surface area contributed by atoms with Crippen LogP contribution in [-0.2, 0) is 13.1 Å². The Morgan fingerprint density at radius 2 is 2.00 bits per heavy atom. The highest BCUT2D eigenvalue weighted by atomic mass is 35.5. The second kappa shape index (κ2) is 7.97. The molecule has 0 spiro atoms. The number of aliphatic hydroxyl groups is 1. The van der Waals surface area contributed by atoms with E-state index in [2.05, 4.69) is 15.4 Å². The summed E-state index contributed by atoms with van der Waals surface area (Å²) in [7, 11) is 1.82. The van der Waals surface area contributed by atoms with E-state index in [1.807, 2.05) is 42.1 Å². The number of likely N-dealkylation sites (N-methyl/N-ethyl adjacent to an activating group) is 1.